The smallest absolute Gasteiger partial charge is 0.163 e. The Bertz CT molecular complexity index is 397. The Balaban J connectivity index is 1.98. The van der Waals surface area contributed by atoms with Crippen molar-refractivity contribution in [2.24, 2.45) is 0 Å². The van der Waals surface area contributed by atoms with E-state index in [9.17, 15) is 0 Å². The number of anilines is 1. The summed E-state index contributed by atoms with van der Waals surface area (Å²) in [6.45, 7) is 5.80. The van der Waals surface area contributed by atoms with Crippen LogP contribution < -0.4 is 14.4 Å². The van der Waals surface area contributed by atoms with Crippen LogP contribution in [-0.4, -0.2) is 26.3 Å². The number of nitrogens with zero attached hydrogens (tertiary/aromatic N) is 1. The molecule has 0 spiro atoms. The summed E-state index contributed by atoms with van der Waals surface area (Å²) in [5.74, 6) is 1.80. The summed E-state index contributed by atoms with van der Waals surface area (Å²) >= 11 is 0. The summed E-state index contributed by atoms with van der Waals surface area (Å²) in [7, 11) is 0. The van der Waals surface area contributed by atoms with Crippen LogP contribution in [-0.2, 0) is 0 Å². The average molecular weight is 219 g/mol. The lowest BCUT2D eigenvalue weighted by atomic mass is 10.1. The van der Waals surface area contributed by atoms with Crippen LogP contribution in [0.3, 0.4) is 0 Å². The number of rotatable bonds is 1. The van der Waals surface area contributed by atoms with Crippen LogP contribution in [0.5, 0.6) is 11.5 Å². The molecule has 1 saturated heterocycles. The van der Waals surface area contributed by atoms with Crippen LogP contribution in [0.25, 0.3) is 0 Å². The van der Waals surface area contributed by atoms with Crippen LogP contribution in [0.4, 0.5) is 5.69 Å². The van der Waals surface area contributed by atoms with Gasteiger partial charge in [-0.15, -0.1) is 0 Å². The Morgan fingerprint density at radius 2 is 1.62 bits per heavy atom. The zero-order valence-corrected chi connectivity index (χ0v) is 9.66. The molecule has 3 heteroatoms. The molecule has 2 aliphatic rings. The third kappa shape index (κ3) is 1.60. The average Bonchev–Trinajstić information content (AvgIpc) is 2.81. The molecule has 0 saturated carbocycles. The molecule has 2 heterocycles. The van der Waals surface area contributed by atoms with E-state index in [0.717, 1.165) is 11.5 Å². The molecule has 0 radical (unpaired) electrons. The van der Waals surface area contributed by atoms with Gasteiger partial charge < -0.3 is 14.4 Å². The standard InChI is InChI=1S/C13H17NO2/c1-10-8-12-13(16-7-6-15-12)9-11(10)14-4-2-3-5-14/h8-9H,2-7H2,1H3. The Kier molecular flexibility index (Phi) is 2.39. The first-order valence-electron chi connectivity index (χ1n) is 6.00. The third-order valence-corrected chi connectivity index (χ3v) is 3.31. The molecule has 0 aromatic heterocycles. The van der Waals surface area contributed by atoms with Crippen LogP contribution >= 0.6 is 0 Å². The van der Waals surface area contributed by atoms with E-state index in [1.54, 1.807) is 0 Å². The molecule has 3 nitrogen and oxygen atoms in total. The van der Waals surface area contributed by atoms with Gasteiger partial charge in [-0.1, -0.05) is 0 Å². The van der Waals surface area contributed by atoms with E-state index in [0.29, 0.717) is 13.2 Å². The van der Waals surface area contributed by atoms with Crippen LogP contribution in [0, 0.1) is 6.92 Å². The molecule has 1 fully saturated rings. The molecule has 0 aliphatic carbocycles. The molecule has 3 rings (SSSR count). The lowest BCUT2D eigenvalue weighted by Crippen LogP contribution is -2.20. The lowest BCUT2D eigenvalue weighted by Gasteiger charge is -2.24. The van der Waals surface area contributed by atoms with Gasteiger partial charge in [0.2, 0.25) is 0 Å². The van der Waals surface area contributed by atoms with Crippen molar-refractivity contribution >= 4 is 5.69 Å². The minimum atomic E-state index is 0.662. The van der Waals surface area contributed by atoms with Crippen molar-refractivity contribution in [2.75, 3.05) is 31.2 Å². The monoisotopic (exact) mass is 219 g/mol. The first-order valence-corrected chi connectivity index (χ1v) is 6.00. The van der Waals surface area contributed by atoms with Crippen molar-refractivity contribution in [3.05, 3.63) is 17.7 Å². The van der Waals surface area contributed by atoms with Gasteiger partial charge >= 0.3 is 0 Å². The molecule has 16 heavy (non-hydrogen) atoms. The molecule has 0 atom stereocenters. The predicted octanol–water partition coefficient (Wildman–Crippen LogP) is 2.37. The summed E-state index contributed by atoms with van der Waals surface area (Å²) in [6.07, 6.45) is 2.60. The van der Waals surface area contributed by atoms with Gasteiger partial charge in [0.15, 0.2) is 11.5 Å². The molecular weight excluding hydrogens is 202 g/mol. The quantitative estimate of drug-likeness (QED) is 0.723. The van der Waals surface area contributed by atoms with Gasteiger partial charge in [0.25, 0.3) is 0 Å². The van der Waals surface area contributed by atoms with Crippen LogP contribution in [0.15, 0.2) is 12.1 Å². The topological polar surface area (TPSA) is 21.7 Å². The zero-order chi connectivity index (χ0) is 11.0. The van der Waals surface area contributed by atoms with Crippen molar-refractivity contribution < 1.29 is 9.47 Å². The number of aryl methyl sites for hydroxylation is 1. The Labute approximate surface area is 96.0 Å². The molecule has 1 aromatic rings. The first-order chi connectivity index (χ1) is 7.84. The summed E-state index contributed by atoms with van der Waals surface area (Å²) in [4.78, 5) is 2.44. The molecule has 2 aliphatic heterocycles. The van der Waals surface area contributed by atoms with E-state index in [2.05, 4.69) is 24.0 Å². The fraction of sp³-hybridized carbons (Fsp3) is 0.538. The van der Waals surface area contributed by atoms with Crippen LogP contribution in [0.1, 0.15) is 18.4 Å². The minimum absolute atomic E-state index is 0.662. The van der Waals surface area contributed by atoms with Gasteiger partial charge in [-0.25, -0.2) is 0 Å². The van der Waals surface area contributed by atoms with Gasteiger partial charge in [0.05, 0.1) is 0 Å². The van der Waals surface area contributed by atoms with Crippen molar-refractivity contribution in [3.63, 3.8) is 0 Å². The van der Waals surface area contributed by atoms with Gasteiger partial charge in [0.1, 0.15) is 13.2 Å². The molecule has 0 unspecified atom stereocenters. The summed E-state index contributed by atoms with van der Waals surface area (Å²) in [5, 5.41) is 0. The summed E-state index contributed by atoms with van der Waals surface area (Å²) in [6, 6.07) is 4.23. The Morgan fingerprint density at radius 1 is 1.00 bits per heavy atom. The molecule has 1 aromatic carbocycles. The minimum Gasteiger partial charge on any atom is -0.486 e. The second-order valence-corrected chi connectivity index (χ2v) is 4.48. The van der Waals surface area contributed by atoms with Crippen molar-refractivity contribution in [1.29, 1.82) is 0 Å². The van der Waals surface area contributed by atoms with Crippen molar-refractivity contribution in [2.45, 2.75) is 19.8 Å². The highest BCUT2D eigenvalue weighted by molar-refractivity contribution is 5.62. The highest BCUT2D eigenvalue weighted by Gasteiger charge is 2.19. The van der Waals surface area contributed by atoms with Gasteiger partial charge in [-0.05, 0) is 31.4 Å². The lowest BCUT2D eigenvalue weighted by molar-refractivity contribution is 0.171. The first kappa shape index (κ1) is 9.82. The highest BCUT2D eigenvalue weighted by Crippen LogP contribution is 2.37. The number of hydrogen-bond acceptors (Lipinski definition) is 3. The molecule has 0 bridgehead atoms. The van der Waals surface area contributed by atoms with E-state index in [1.807, 2.05) is 0 Å². The number of ether oxygens (including phenoxy) is 2. The number of fused-ring (bicyclic) bond motifs is 1. The second kappa shape index (κ2) is 3.89. The molecule has 0 N–H and O–H groups in total. The SMILES string of the molecule is Cc1cc2c(cc1N1CCCC1)OCCO2. The van der Waals surface area contributed by atoms with Crippen molar-refractivity contribution in [1.82, 2.24) is 0 Å². The van der Waals surface area contributed by atoms with Crippen molar-refractivity contribution in [3.8, 4) is 11.5 Å². The molecule has 86 valence electrons. The van der Waals surface area contributed by atoms with Crippen LogP contribution in [0.2, 0.25) is 0 Å². The fourth-order valence-corrected chi connectivity index (χ4v) is 2.48. The van der Waals surface area contributed by atoms with E-state index in [1.165, 1.54) is 37.2 Å². The van der Waals surface area contributed by atoms with Gasteiger partial charge in [-0.2, -0.15) is 0 Å². The maximum absolute atomic E-state index is 5.63. The molecular formula is C13H17NO2. The van der Waals surface area contributed by atoms with E-state index in [4.69, 9.17) is 9.47 Å². The summed E-state index contributed by atoms with van der Waals surface area (Å²) < 4.78 is 11.2. The normalized spacial score (nSPS) is 18.9. The fourth-order valence-electron chi connectivity index (χ4n) is 2.48. The Morgan fingerprint density at radius 3 is 2.31 bits per heavy atom. The highest BCUT2D eigenvalue weighted by atomic mass is 16.6. The van der Waals surface area contributed by atoms with Gasteiger partial charge in [0, 0.05) is 24.8 Å². The second-order valence-electron chi connectivity index (χ2n) is 4.48. The predicted molar refractivity (Wildman–Crippen MR) is 63.6 cm³/mol. The molecule has 0 amide bonds. The zero-order valence-electron chi connectivity index (χ0n) is 9.66. The maximum Gasteiger partial charge on any atom is 0.163 e. The largest absolute Gasteiger partial charge is 0.486 e. The number of benzene rings is 1. The Hall–Kier alpha value is -1.38. The summed E-state index contributed by atoms with van der Waals surface area (Å²) in [5.41, 5.74) is 2.59. The van der Waals surface area contributed by atoms with Gasteiger partial charge in [-0.3, -0.25) is 0 Å². The third-order valence-electron chi connectivity index (χ3n) is 3.31. The van der Waals surface area contributed by atoms with E-state index >= 15 is 0 Å². The van der Waals surface area contributed by atoms with E-state index in [-0.39, 0.29) is 0 Å². The maximum atomic E-state index is 5.63. The number of hydrogen-bond donors (Lipinski definition) is 0. The van der Waals surface area contributed by atoms with E-state index < -0.39 is 0 Å².